The van der Waals surface area contributed by atoms with E-state index in [1.165, 1.54) is 16.7 Å². The minimum atomic E-state index is 0.0818. The van der Waals surface area contributed by atoms with Gasteiger partial charge in [-0.05, 0) is 63.4 Å². The van der Waals surface area contributed by atoms with E-state index in [0.29, 0.717) is 12.2 Å². The lowest BCUT2D eigenvalue weighted by atomic mass is 9.98. The third-order valence-electron chi connectivity index (χ3n) is 3.42. The van der Waals surface area contributed by atoms with Crippen LogP contribution in [0.4, 0.5) is 0 Å². The van der Waals surface area contributed by atoms with Crippen molar-refractivity contribution in [1.29, 1.82) is 0 Å². The van der Waals surface area contributed by atoms with E-state index in [1.54, 1.807) is 6.92 Å². The van der Waals surface area contributed by atoms with Crippen LogP contribution in [-0.2, 0) is 11.2 Å². The minimum absolute atomic E-state index is 0.0818. The summed E-state index contributed by atoms with van der Waals surface area (Å²) in [7, 11) is 0. The number of rotatable bonds is 3. The third kappa shape index (κ3) is 3.10. The first-order valence-electron chi connectivity index (χ1n) is 6.79. The molecule has 20 heavy (non-hydrogen) atoms. The molecule has 0 unspecified atom stereocenters. The second kappa shape index (κ2) is 5.53. The van der Waals surface area contributed by atoms with E-state index >= 15 is 0 Å². The molecule has 3 heteroatoms. The number of nitrogens with zero attached hydrogens (tertiary/aromatic N) is 2. The summed E-state index contributed by atoms with van der Waals surface area (Å²) < 4.78 is 0. The summed E-state index contributed by atoms with van der Waals surface area (Å²) >= 11 is 0. The van der Waals surface area contributed by atoms with Crippen LogP contribution >= 0.6 is 0 Å². The standard InChI is InChI=1S/C17H20N2O/c1-10-6-12(3)15(7-11(10)2)16-8-13(4)18-17(19-16)9-14(5)20/h6-8H,9H2,1-5H3. The molecule has 1 aromatic heterocycles. The van der Waals surface area contributed by atoms with Crippen LogP contribution in [0.2, 0.25) is 0 Å². The summed E-state index contributed by atoms with van der Waals surface area (Å²) in [5.74, 6) is 0.684. The molecule has 3 nitrogen and oxygen atoms in total. The lowest BCUT2D eigenvalue weighted by Gasteiger charge is -2.11. The van der Waals surface area contributed by atoms with Crippen molar-refractivity contribution in [2.45, 2.75) is 41.0 Å². The smallest absolute Gasteiger partial charge is 0.137 e. The van der Waals surface area contributed by atoms with Crippen molar-refractivity contribution < 1.29 is 4.79 Å². The number of carbonyl (C=O) groups is 1. The zero-order chi connectivity index (χ0) is 14.9. The lowest BCUT2D eigenvalue weighted by Crippen LogP contribution is -2.05. The number of ketones is 1. The number of aromatic nitrogens is 2. The van der Waals surface area contributed by atoms with Crippen LogP contribution in [-0.4, -0.2) is 15.8 Å². The molecule has 0 aliphatic carbocycles. The van der Waals surface area contributed by atoms with Gasteiger partial charge in [-0.1, -0.05) is 6.07 Å². The van der Waals surface area contributed by atoms with Crippen molar-refractivity contribution in [3.8, 4) is 11.3 Å². The van der Waals surface area contributed by atoms with Gasteiger partial charge in [0.15, 0.2) is 0 Å². The predicted octanol–water partition coefficient (Wildman–Crippen LogP) is 3.51. The Morgan fingerprint density at radius 3 is 2.25 bits per heavy atom. The number of carbonyl (C=O) groups excluding carboxylic acids is 1. The van der Waals surface area contributed by atoms with Gasteiger partial charge in [-0.2, -0.15) is 0 Å². The van der Waals surface area contributed by atoms with Gasteiger partial charge in [0.2, 0.25) is 0 Å². The minimum Gasteiger partial charge on any atom is -0.300 e. The molecule has 2 rings (SSSR count). The highest BCUT2D eigenvalue weighted by atomic mass is 16.1. The molecule has 0 aliphatic heterocycles. The molecule has 0 radical (unpaired) electrons. The Morgan fingerprint density at radius 1 is 0.950 bits per heavy atom. The average molecular weight is 268 g/mol. The largest absolute Gasteiger partial charge is 0.300 e. The normalized spacial score (nSPS) is 10.7. The maximum Gasteiger partial charge on any atom is 0.137 e. The molecule has 0 spiro atoms. The second-order valence-corrected chi connectivity index (χ2v) is 5.44. The molecule has 0 amide bonds. The molecular formula is C17H20N2O. The molecule has 1 aromatic carbocycles. The van der Waals surface area contributed by atoms with Crippen LogP contribution in [0, 0.1) is 27.7 Å². The highest BCUT2D eigenvalue weighted by Gasteiger charge is 2.10. The van der Waals surface area contributed by atoms with Gasteiger partial charge in [0, 0.05) is 11.3 Å². The van der Waals surface area contributed by atoms with E-state index in [1.807, 2.05) is 13.0 Å². The number of hydrogen-bond donors (Lipinski definition) is 0. The van der Waals surface area contributed by atoms with Crippen LogP contribution in [0.1, 0.15) is 35.1 Å². The Morgan fingerprint density at radius 2 is 1.60 bits per heavy atom. The fourth-order valence-electron chi connectivity index (χ4n) is 2.31. The Balaban J connectivity index is 2.55. The molecule has 2 aromatic rings. The summed E-state index contributed by atoms with van der Waals surface area (Å²) in [5.41, 5.74) is 6.62. The SMILES string of the molecule is CC(=O)Cc1nc(C)cc(-c2cc(C)c(C)cc2C)n1. The van der Waals surface area contributed by atoms with Crippen molar-refractivity contribution in [3.63, 3.8) is 0 Å². The third-order valence-corrected chi connectivity index (χ3v) is 3.42. The maximum atomic E-state index is 11.3. The Bertz CT molecular complexity index is 675. The van der Waals surface area contributed by atoms with Crippen molar-refractivity contribution in [3.05, 3.63) is 46.4 Å². The molecule has 0 fully saturated rings. The second-order valence-electron chi connectivity index (χ2n) is 5.44. The Hall–Kier alpha value is -2.03. The maximum absolute atomic E-state index is 11.3. The van der Waals surface area contributed by atoms with E-state index in [9.17, 15) is 4.79 Å². The van der Waals surface area contributed by atoms with E-state index in [0.717, 1.165) is 17.0 Å². The summed E-state index contributed by atoms with van der Waals surface area (Å²) in [6.07, 6.45) is 0.290. The van der Waals surface area contributed by atoms with Crippen LogP contribution < -0.4 is 0 Å². The van der Waals surface area contributed by atoms with Crippen molar-refractivity contribution in [2.75, 3.05) is 0 Å². The molecule has 0 saturated heterocycles. The fourth-order valence-corrected chi connectivity index (χ4v) is 2.31. The van der Waals surface area contributed by atoms with Crippen molar-refractivity contribution in [2.24, 2.45) is 0 Å². The zero-order valence-electron chi connectivity index (χ0n) is 12.7. The highest BCUT2D eigenvalue weighted by Crippen LogP contribution is 2.25. The lowest BCUT2D eigenvalue weighted by molar-refractivity contribution is -0.116. The molecule has 0 bridgehead atoms. The van der Waals surface area contributed by atoms with Gasteiger partial charge in [0.05, 0.1) is 12.1 Å². The highest BCUT2D eigenvalue weighted by molar-refractivity contribution is 5.77. The summed E-state index contributed by atoms with van der Waals surface area (Å²) in [6, 6.07) is 6.30. The summed E-state index contributed by atoms with van der Waals surface area (Å²) in [6.45, 7) is 9.79. The van der Waals surface area contributed by atoms with E-state index in [2.05, 4.69) is 42.9 Å². The topological polar surface area (TPSA) is 42.9 Å². The number of hydrogen-bond acceptors (Lipinski definition) is 3. The molecule has 0 atom stereocenters. The quantitative estimate of drug-likeness (QED) is 0.855. The van der Waals surface area contributed by atoms with E-state index in [4.69, 9.17) is 0 Å². The first-order valence-corrected chi connectivity index (χ1v) is 6.79. The monoisotopic (exact) mass is 268 g/mol. The van der Waals surface area contributed by atoms with Crippen LogP contribution in [0.3, 0.4) is 0 Å². The zero-order valence-corrected chi connectivity index (χ0v) is 12.7. The van der Waals surface area contributed by atoms with Crippen LogP contribution in [0.5, 0.6) is 0 Å². The van der Waals surface area contributed by atoms with Crippen LogP contribution in [0.25, 0.3) is 11.3 Å². The fraction of sp³-hybridized carbons (Fsp3) is 0.353. The van der Waals surface area contributed by atoms with E-state index in [-0.39, 0.29) is 5.78 Å². The van der Waals surface area contributed by atoms with Gasteiger partial charge < -0.3 is 0 Å². The molecular weight excluding hydrogens is 248 g/mol. The Kier molecular flexibility index (Phi) is 3.98. The predicted molar refractivity (Wildman–Crippen MR) is 80.8 cm³/mol. The average Bonchev–Trinajstić information content (AvgIpc) is 2.32. The molecule has 0 N–H and O–H groups in total. The first kappa shape index (κ1) is 14.4. The number of Topliss-reactive ketones (excluding diaryl/α,β-unsaturated/α-hetero) is 1. The van der Waals surface area contributed by atoms with Gasteiger partial charge in [0.1, 0.15) is 11.6 Å². The van der Waals surface area contributed by atoms with Crippen molar-refractivity contribution >= 4 is 5.78 Å². The van der Waals surface area contributed by atoms with Crippen molar-refractivity contribution in [1.82, 2.24) is 9.97 Å². The molecule has 1 heterocycles. The number of benzene rings is 1. The summed E-state index contributed by atoms with van der Waals surface area (Å²) in [5, 5.41) is 0. The van der Waals surface area contributed by atoms with E-state index < -0.39 is 0 Å². The molecule has 0 saturated carbocycles. The number of aryl methyl sites for hydroxylation is 4. The molecule has 104 valence electrons. The van der Waals surface area contributed by atoms with Crippen LogP contribution in [0.15, 0.2) is 18.2 Å². The van der Waals surface area contributed by atoms with Gasteiger partial charge in [0.25, 0.3) is 0 Å². The van der Waals surface area contributed by atoms with Gasteiger partial charge in [-0.3, -0.25) is 4.79 Å². The first-order chi connectivity index (χ1) is 9.36. The van der Waals surface area contributed by atoms with Gasteiger partial charge in [-0.25, -0.2) is 9.97 Å². The molecule has 0 aliphatic rings. The van der Waals surface area contributed by atoms with Gasteiger partial charge >= 0.3 is 0 Å². The Labute approximate surface area is 120 Å². The summed E-state index contributed by atoms with van der Waals surface area (Å²) in [4.78, 5) is 20.1. The van der Waals surface area contributed by atoms with Gasteiger partial charge in [-0.15, -0.1) is 0 Å².